The zero-order valence-electron chi connectivity index (χ0n) is 13.1. The number of hydrazine groups is 1. The number of ether oxygens (including phenoxy) is 1. The summed E-state index contributed by atoms with van der Waals surface area (Å²) < 4.78 is 18.0. The number of amides is 1. The van der Waals surface area contributed by atoms with E-state index >= 15 is 0 Å². The fourth-order valence-electron chi connectivity index (χ4n) is 2.86. The molecule has 0 aromatic heterocycles. The number of hydrogen-bond acceptors (Lipinski definition) is 4. The van der Waals surface area contributed by atoms with Gasteiger partial charge in [-0.15, -0.1) is 0 Å². The van der Waals surface area contributed by atoms with Crippen LogP contribution in [0.4, 0.5) is 10.1 Å². The lowest BCUT2D eigenvalue weighted by molar-refractivity contribution is -0.151. The highest BCUT2D eigenvalue weighted by molar-refractivity contribution is 5.99. The zero-order valence-corrected chi connectivity index (χ0v) is 13.1. The van der Waals surface area contributed by atoms with E-state index in [1.165, 1.54) is 19.2 Å². The second-order valence-electron chi connectivity index (χ2n) is 5.56. The standard InChI is InChI=1S/C18H17FN2O3/c1-24-18(23)15-11-16(12-7-9-13(19)10-8-12)21(20-17(15)22)14-5-3-2-4-6-14/h2-10,15-16H,11H2,1H3,(H,20,22). The van der Waals surface area contributed by atoms with Gasteiger partial charge in [0.25, 0.3) is 5.91 Å². The maximum absolute atomic E-state index is 13.2. The van der Waals surface area contributed by atoms with Gasteiger partial charge in [-0.05, 0) is 36.2 Å². The first kappa shape index (κ1) is 16.0. The van der Waals surface area contributed by atoms with Crippen molar-refractivity contribution in [3.8, 4) is 0 Å². The van der Waals surface area contributed by atoms with Crippen LogP contribution in [0.15, 0.2) is 54.6 Å². The van der Waals surface area contributed by atoms with E-state index in [0.29, 0.717) is 0 Å². The molecule has 1 amide bonds. The number of rotatable bonds is 3. The second kappa shape index (κ2) is 6.70. The van der Waals surface area contributed by atoms with E-state index in [1.54, 1.807) is 17.1 Å². The maximum Gasteiger partial charge on any atom is 0.318 e. The van der Waals surface area contributed by atoms with E-state index < -0.39 is 17.8 Å². The van der Waals surface area contributed by atoms with E-state index in [1.807, 2.05) is 30.3 Å². The van der Waals surface area contributed by atoms with Gasteiger partial charge in [0, 0.05) is 0 Å². The summed E-state index contributed by atoms with van der Waals surface area (Å²) >= 11 is 0. The summed E-state index contributed by atoms with van der Waals surface area (Å²) in [6.45, 7) is 0. The van der Waals surface area contributed by atoms with Gasteiger partial charge in [-0.25, -0.2) is 4.39 Å². The highest BCUT2D eigenvalue weighted by Crippen LogP contribution is 2.34. The number of para-hydroxylation sites is 1. The predicted molar refractivity (Wildman–Crippen MR) is 86.3 cm³/mol. The molecule has 2 atom stereocenters. The SMILES string of the molecule is COC(=O)C1CC(c2ccc(F)cc2)N(c2ccccc2)NC1=O. The molecule has 2 unspecified atom stereocenters. The van der Waals surface area contributed by atoms with Crippen LogP contribution in [0, 0.1) is 11.7 Å². The van der Waals surface area contributed by atoms with Crippen LogP contribution in [0.2, 0.25) is 0 Å². The summed E-state index contributed by atoms with van der Waals surface area (Å²) in [5.41, 5.74) is 4.34. The first-order valence-electron chi connectivity index (χ1n) is 7.58. The van der Waals surface area contributed by atoms with Crippen LogP contribution in [-0.2, 0) is 14.3 Å². The number of benzene rings is 2. The molecule has 124 valence electrons. The molecule has 2 aromatic carbocycles. The Morgan fingerprint density at radius 2 is 1.83 bits per heavy atom. The predicted octanol–water partition coefficient (Wildman–Crippen LogP) is 2.60. The van der Waals surface area contributed by atoms with Crippen molar-refractivity contribution in [1.82, 2.24) is 5.43 Å². The normalized spacial score (nSPS) is 20.4. The van der Waals surface area contributed by atoms with E-state index in [-0.39, 0.29) is 18.3 Å². The number of methoxy groups -OCH3 is 1. The minimum Gasteiger partial charge on any atom is -0.468 e. The monoisotopic (exact) mass is 328 g/mol. The molecule has 1 saturated heterocycles. The molecular formula is C18H17FN2O3. The lowest BCUT2D eigenvalue weighted by Gasteiger charge is -2.40. The first-order chi connectivity index (χ1) is 11.6. The van der Waals surface area contributed by atoms with Gasteiger partial charge in [-0.3, -0.25) is 20.0 Å². The molecule has 0 bridgehead atoms. The Morgan fingerprint density at radius 3 is 2.46 bits per heavy atom. The Kier molecular flexibility index (Phi) is 4.46. The Balaban J connectivity index is 1.98. The largest absolute Gasteiger partial charge is 0.468 e. The van der Waals surface area contributed by atoms with Crippen molar-refractivity contribution in [1.29, 1.82) is 0 Å². The number of carbonyl (C=O) groups is 2. The van der Waals surface area contributed by atoms with Gasteiger partial charge >= 0.3 is 5.97 Å². The molecule has 1 aliphatic rings. The van der Waals surface area contributed by atoms with Gasteiger partial charge in [-0.2, -0.15) is 0 Å². The van der Waals surface area contributed by atoms with Crippen molar-refractivity contribution in [3.05, 3.63) is 66.0 Å². The second-order valence-corrected chi connectivity index (χ2v) is 5.56. The minimum absolute atomic E-state index is 0.249. The number of esters is 1. The van der Waals surface area contributed by atoms with Gasteiger partial charge < -0.3 is 4.74 Å². The summed E-state index contributed by atoms with van der Waals surface area (Å²) in [6, 6.07) is 15.0. The number of halogens is 1. The van der Waals surface area contributed by atoms with Crippen LogP contribution in [0.3, 0.4) is 0 Å². The lowest BCUT2D eigenvalue weighted by atomic mass is 9.91. The van der Waals surface area contributed by atoms with Crippen LogP contribution in [0.1, 0.15) is 18.0 Å². The molecule has 1 fully saturated rings. The van der Waals surface area contributed by atoms with Crippen LogP contribution in [-0.4, -0.2) is 19.0 Å². The molecule has 2 aromatic rings. The van der Waals surface area contributed by atoms with E-state index in [0.717, 1.165) is 11.3 Å². The lowest BCUT2D eigenvalue weighted by Crippen LogP contribution is -2.54. The van der Waals surface area contributed by atoms with Gasteiger partial charge in [0.1, 0.15) is 11.7 Å². The fourth-order valence-corrected chi connectivity index (χ4v) is 2.86. The van der Waals surface area contributed by atoms with Crippen molar-refractivity contribution in [2.45, 2.75) is 12.5 Å². The number of hydrogen-bond donors (Lipinski definition) is 1. The molecule has 0 radical (unpaired) electrons. The molecule has 0 aliphatic carbocycles. The Hall–Kier alpha value is -2.89. The molecule has 6 heteroatoms. The number of nitrogens with zero attached hydrogens (tertiary/aromatic N) is 1. The molecule has 24 heavy (non-hydrogen) atoms. The highest BCUT2D eigenvalue weighted by atomic mass is 19.1. The summed E-state index contributed by atoms with van der Waals surface area (Å²) in [5, 5.41) is 1.70. The van der Waals surface area contributed by atoms with Crippen molar-refractivity contribution in [3.63, 3.8) is 0 Å². The van der Waals surface area contributed by atoms with Crippen LogP contribution in [0.25, 0.3) is 0 Å². The average molecular weight is 328 g/mol. The van der Waals surface area contributed by atoms with Crippen molar-refractivity contribution in [2.24, 2.45) is 5.92 Å². The van der Waals surface area contributed by atoms with E-state index in [2.05, 4.69) is 5.43 Å². The fraction of sp³-hybridized carbons (Fsp3) is 0.222. The summed E-state index contributed by atoms with van der Waals surface area (Å²) in [7, 11) is 1.26. The third kappa shape index (κ3) is 3.08. The van der Waals surface area contributed by atoms with Crippen LogP contribution in [0.5, 0.6) is 0 Å². The van der Waals surface area contributed by atoms with Gasteiger partial charge in [-0.1, -0.05) is 30.3 Å². The van der Waals surface area contributed by atoms with Crippen molar-refractivity contribution >= 4 is 17.6 Å². The summed E-state index contributed by atoms with van der Waals surface area (Å²) in [4.78, 5) is 24.2. The third-order valence-corrected chi connectivity index (χ3v) is 4.09. The molecule has 0 saturated carbocycles. The summed E-state index contributed by atoms with van der Waals surface area (Å²) in [5.74, 6) is -2.23. The molecule has 1 heterocycles. The van der Waals surface area contributed by atoms with Crippen LogP contribution < -0.4 is 10.4 Å². The number of anilines is 1. The number of nitrogens with one attached hydrogen (secondary N) is 1. The third-order valence-electron chi connectivity index (χ3n) is 4.09. The maximum atomic E-state index is 13.2. The molecule has 0 spiro atoms. The molecule has 1 N–H and O–H groups in total. The van der Waals surface area contributed by atoms with E-state index in [9.17, 15) is 14.0 Å². The molecule has 5 nitrogen and oxygen atoms in total. The Labute approximate surface area is 139 Å². The average Bonchev–Trinajstić information content (AvgIpc) is 2.62. The number of carbonyl (C=O) groups excluding carboxylic acids is 2. The molecule has 3 rings (SSSR count). The van der Waals surface area contributed by atoms with E-state index in [4.69, 9.17) is 4.74 Å². The zero-order chi connectivity index (χ0) is 17.1. The van der Waals surface area contributed by atoms with Crippen LogP contribution >= 0.6 is 0 Å². The highest BCUT2D eigenvalue weighted by Gasteiger charge is 2.39. The Bertz CT molecular complexity index is 734. The first-order valence-corrected chi connectivity index (χ1v) is 7.58. The van der Waals surface area contributed by atoms with Crippen molar-refractivity contribution < 1.29 is 18.7 Å². The van der Waals surface area contributed by atoms with Gasteiger partial charge in [0.2, 0.25) is 0 Å². The Morgan fingerprint density at radius 1 is 1.17 bits per heavy atom. The summed E-state index contributed by atoms with van der Waals surface area (Å²) in [6.07, 6.45) is 0.249. The molecular weight excluding hydrogens is 311 g/mol. The quantitative estimate of drug-likeness (QED) is 0.695. The van der Waals surface area contributed by atoms with Gasteiger partial charge in [0.15, 0.2) is 0 Å². The van der Waals surface area contributed by atoms with Gasteiger partial charge in [0.05, 0.1) is 18.8 Å². The topological polar surface area (TPSA) is 58.6 Å². The minimum atomic E-state index is -0.898. The van der Waals surface area contributed by atoms with Crippen molar-refractivity contribution in [2.75, 3.05) is 12.1 Å². The molecule has 1 aliphatic heterocycles. The smallest absolute Gasteiger partial charge is 0.318 e.